The number of aromatic nitrogens is 3. The van der Waals surface area contributed by atoms with E-state index in [4.69, 9.17) is 0 Å². The molecule has 6 heteroatoms. The van der Waals surface area contributed by atoms with Crippen LogP contribution in [0.5, 0.6) is 5.75 Å². The molecule has 1 heterocycles. The third-order valence-corrected chi connectivity index (χ3v) is 7.25. The number of unbranched alkanes of at least 4 members (excludes halogenated alkanes) is 15. The summed E-state index contributed by atoms with van der Waals surface area (Å²) in [7, 11) is 0. The Bertz CT molecular complexity index is 805. The van der Waals surface area contributed by atoms with Crippen LogP contribution in [0.2, 0.25) is 0 Å². The normalized spacial score (nSPS) is 11.6. The van der Waals surface area contributed by atoms with Crippen LogP contribution in [0.4, 0.5) is 0 Å². The molecule has 2 aromatic rings. The molecular formula is C28H46N4OS. The number of benzene rings is 1. The first-order chi connectivity index (χ1) is 16.7. The number of rotatable bonds is 20. The second-order valence-corrected chi connectivity index (χ2v) is 10.4. The van der Waals surface area contributed by atoms with Gasteiger partial charge in [-0.3, -0.25) is 0 Å². The minimum Gasteiger partial charge on any atom is -0.507 e. The Morgan fingerprint density at radius 1 is 0.794 bits per heavy atom. The summed E-state index contributed by atoms with van der Waals surface area (Å²) in [5, 5.41) is 23.6. The van der Waals surface area contributed by atoms with Crippen molar-refractivity contribution in [2.24, 2.45) is 5.10 Å². The number of phenols is 1. The molecule has 0 atom stereocenters. The fourth-order valence-electron chi connectivity index (χ4n) is 4.09. The van der Waals surface area contributed by atoms with Gasteiger partial charge in [-0.1, -0.05) is 127 Å². The van der Waals surface area contributed by atoms with Gasteiger partial charge in [0.2, 0.25) is 5.16 Å². The highest BCUT2D eigenvalue weighted by Crippen LogP contribution is 2.20. The SMILES string of the molecule is CCCCCCCCCCCCCCCCCCSc1nnc(C)n1N=Cc1ccccc1O. The van der Waals surface area contributed by atoms with Crippen LogP contribution in [0.15, 0.2) is 34.5 Å². The fraction of sp³-hybridized carbons (Fsp3) is 0.679. The van der Waals surface area contributed by atoms with Crippen molar-refractivity contribution in [1.82, 2.24) is 14.9 Å². The van der Waals surface area contributed by atoms with Gasteiger partial charge in [0.1, 0.15) is 5.75 Å². The average molecular weight is 487 g/mol. The summed E-state index contributed by atoms with van der Waals surface area (Å²) in [6, 6.07) is 7.18. The lowest BCUT2D eigenvalue weighted by Gasteiger charge is -2.04. The molecule has 5 nitrogen and oxygen atoms in total. The first-order valence-corrected chi connectivity index (χ1v) is 14.6. The molecule has 0 spiro atoms. The van der Waals surface area contributed by atoms with Gasteiger partial charge in [0.25, 0.3) is 0 Å². The summed E-state index contributed by atoms with van der Waals surface area (Å²) in [6.45, 7) is 4.18. The van der Waals surface area contributed by atoms with E-state index < -0.39 is 0 Å². The summed E-state index contributed by atoms with van der Waals surface area (Å²) in [5.74, 6) is 2.00. The van der Waals surface area contributed by atoms with E-state index in [2.05, 4.69) is 22.2 Å². The van der Waals surface area contributed by atoms with Gasteiger partial charge in [0, 0.05) is 11.3 Å². The van der Waals surface area contributed by atoms with E-state index in [1.807, 2.05) is 19.1 Å². The van der Waals surface area contributed by atoms with Crippen LogP contribution in [0.3, 0.4) is 0 Å². The predicted molar refractivity (Wildman–Crippen MR) is 146 cm³/mol. The van der Waals surface area contributed by atoms with E-state index in [1.165, 1.54) is 103 Å². The minimum absolute atomic E-state index is 0.222. The van der Waals surface area contributed by atoms with E-state index in [0.717, 1.165) is 16.7 Å². The molecule has 0 saturated carbocycles. The fourth-order valence-corrected chi connectivity index (χ4v) is 5.02. The monoisotopic (exact) mass is 486 g/mol. The maximum Gasteiger partial charge on any atom is 0.212 e. The van der Waals surface area contributed by atoms with Crippen molar-refractivity contribution in [3.05, 3.63) is 35.7 Å². The number of para-hydroxylation sites is 1. The average Bonchev–Trinajstić information content (AvgIpc) is 3.19. The summed E-state index contributed by atoms with van der Waals surface area (Å²) in [4.78, 5) is 0. The Kier molecular flexibility index (Phi) is 15.5. The van der Waals surface area contributed by atoms with Gasteiger partial charge in [-0.05, 0) is 25.5 Å². The van der Waals surface area contributed by atoms with Crippen LogP contribution in [0.1, 0.15) is 121 Å². The number of aromatic hydroxyl groups is 1. The molecule has 0 amide bonds. The maximum absolute atomic E-state index is 9.91. The Morgan fingerprint density at radius 2 is 1.32 bits per heavy atom. The molecule has 0 unspecified atom stereocenters. The number of aryl methyl sites for hydroxylation is 1. The highest BCUT2D eigenvalue weighted by molar-refractivity contribution is 7.99. The zero-order chi connectivity index (χ0) is 24.3. The standard InChI is InChI=1S/C28H46N4OS/c1-3-4-5-6-7-8-9-10-11-12-13-14-15-16-17-20-23-34-28-31-30-25(2)32(28)29-24-26-21-18-19-22-27(26)33/h18-19,21-22,24,33H,3-17,20,23H2,1-2H3. The Labute approximate surface area is 211 Å². The molecule has 34 heavy (non-hydrogen) atoms. The quantitative estimate of drug-likeness (QED) is 0.116. The molecule has 0 fully saturated rings. The molecule has 0 aliphatic carbocycles. The second kappa shape index (κ2) is 18.5. The molecule has 0 bridgehead atoms. The van der Waals surface area contributed by atoms with Gasteiger partial charge in [-0.2, -0.15) is 9.78 Å². The van der Waals surface area contributed by atoms with Crippen LogP contribution < -0.4 is 0 Å². The van der Waals surface area contributed by atoms with Crippen molar-refractivity contribution in [2.75, 3.05) is 5.75 Å². The molecular weight excluding hydrogens is 440 g/mol. The lowest BCUT2D eigenvalue weighted by atomic mass is 10.0. The first-order valence-electron chi connectivity index (χ1n) is 13.6. The molecule has 0 saturated heterocycles. The lowest BCUT2D eigenvalue weighted by Crippen LogP contribution is -1.97. The third-order valence-electron chi connectivity index (χ3n) is 6.25. The molecule has 0 radical (unpaired) electrons. The molecule has 1 aromatic carbocycles. The highest BCUT2D eigenvalue weighted by atomic mass is 32.2. The lowest BCUT2D eigenvalue weighted by molar-refractivity contribution is 0.474. The number of thioether (sulfide) groups is 1. The van der Waals surface area contributed by atoms with Gasteiger partial charge in [-0.25, -0.2) is 0 Å². The van der Waals surface area contributed by atoms with Crippen molar-refractivity contribution in [2.45, 2.75) is 122 Å². The summed E-state index contributed by atoms with van der Waals surface area (Å²) in [5.41, 5.74) is 0.685. The zero-order valence-electron chi connectivity index (χ0n) is 21.6. The van der Waals surface area contributed by atoms with Crippen LogP contribution >= 0.6 is 11.8 Å². The Morgan fingerprint density at radius 3 is 1.88 bits per heavy atom. The van der Waals surface area contributed by atoms with Gasteiger partial charge in [-0.15, -0.1) is 10.2 Å². The molecule has 190 valence electrons. The van der Waals surface area contributed by atoms with E-state index in [-0.39, 0.29) is 5.75 Å². The molecule has 2 rings (SSSR count). The van der Waals surface area contributed by atoms with Crippen molar-refractivity contribution in [3.63, 3.8) is 0 Å². The van der Waals surface area contributed by atoms with Crippen LogP contribution in [-0.2, 0) is 0 Å². The van der Waals surface area contributed by atoms with Crippen LogP contribution in [-0.4, -0.2) is 31.9 Å². The Balaban J connectivity index is 1.46. The first kappa shape index (κ1) is 28.4. The summed E-state index contributed by atoms with van der Waals surface area (Å²) < 4.78 is 1.75. The van der Waals surface area contributed by atoms with Gasteiger partial charge >= 0.3 is 0 Å². The van der Waals surface area contributed by atoms with Crippen LogP contribution in [0, 0.1) is 6.92 Å². The number of hydrogen-bond donors (Lipinski definition) is 1. The van der Waals surface area contributed by atoms with E-state index >= 15 is 0 Å². The summed E-state index contributed by atoms with van der Waals surface area (Å²) in [6.07, 6.45) is 23.9. The molecule has 1 aromatic heterocycles. The minimum atomic E-state index is 0.222. The van der Waals surface area contributed by atoms with Crippen molar-refractivity contribution < 1.29 is 5.11 Å². The van der Waals surface area contributed by atoms with Crippen molar-refractivity contribution in [1.29, 1.82) is 0 Å². The van der Waals surface area contributed by atoms with Gasteiger partial charge < -0.3 is 5.11 Å². The maximum atomic E-state index is 9.91. The Hall–Kier alpha value is -1.82. The highest BCUT2D eigenvalue weighted by Gasteiger charge is 2.08. The second-order valence-electron chi connectivity index (χ2n) is 9.30. The van der Waals surface area contributed by atoms with Gasteiger partial charge in [0.15, 0.2) is 5.82 Å². The largest absolute Gasteiger partial charge is 0.507 e. The number of nitrogens with zero attached hydrogens (tertiary/aromatic N) is 4. The van der Waals surface area contributed by atoms with E-state index in [0.29, 0.717) is 5.56 Å². The molecule has 0 aliphatic heterocycles. The molecule has 1 N–H and O–H groups in total. The van der Waals surface area contributed by atoms with Crippen molar-refractivity contribution in [3.8, 4) is 5.75 Å². The molecule has 0 aliphatic rings. The smallest absolute Gasteiger partial charge is 0.212 e. The zero-order valence-corrected chi connectivity index (χ0v) is 22.4. The van der Waals surface area contributed by atoms with E-state index in [1.54, 1.807) is 34.8 Å². The van der Waals surface area contributed by atoms with Crippen molar-refractivity contribution >= 4 is 18.0 Å². The predicted octanol–water partition coefficient (Wildman–Crippen LogP) is 8.53. The number of hydrogen-bond acceptors (Lipinski definition) is 5. The third kappa shape index (κ3) is 12.0. The topological polar surface area (TPSA) is 63.3 Å². The van der Waals surface area contributed by atoms with E-state index in [9.17, 15) is 5.11 Å². The van der Waals surface area contributed by atoms with Gasteiger partial charge in [0.05, 0.1) is 6.21 Å². The summed E-state index contributed by atoms with van der Waals surface area (Å²) >= 11 is 1.71. The van der Waals surface area contributed by atoms with Crippen LogP contribution in [0.25, 0.3) is 0 Å². The number of phenolic OH excluding ortho intramolecular Hbond substituents is 1.